The van der Waals surface area contributed by atoms with Crippen molar-refractivity contribution in [1.29, 1.82) is 0 Å². The fourth-order valence-electron chi connectivity index (χ4n) is 2.06. The van der Waals surface area contributed by atoms with Crippen molar-refractivity contribution >= 4 is 11.4 Å². The van der Waals surface area contributed by atoms with E-state index in [2.05, 4.69) is 24.4 Å². The van der Waals surface area contributed by atoms with Gasteiger partial charge in [-0.25, -0.2) is 0 Å². The maximum Gasteiger partial charge on any atom is 0.0514 e. The standard InChI is InChI=1S/C13H20N2O/c1-9-3-4-12(7-13(9)14)15-10(2)11-5-6-16-8-11/h3-4,7,10-11,15H,5-6,8,14H2,1-2H3. The van der Waals surface area contributed by atoms with Crippen LogP contribution >= 0.6 is 0 Å². The number of nitrogen functional groups attached to an aromatic ring is 1. The number of aryl methyl sites for hydroxylation is 1. The summed E-state index contributed by atoms with van der Waals surface area (Å²) in [6.45, 7) is 5.99. The van der Waals surface area contributed by atoms with Crippen LogP contribution in [0.4, 0.5) is 11.4 Å². The predicted octanol–water partition coefficient (Wildman–Crippen LogP) is 2.41. The minimum Gasteiger partial charge on any atom is -0.398 e. The minimum atomic E-state index is 0.435. The lowest BCUT2D eigenvalue weighted by molar-refractivity contribution is 0.183. The largest absolute Gasteiger partial charge is 0.398 e. The lowest BCUT2D eigenvalue weighted by Gasteiger charge is -2.20. The Morgan fingerprint density at radius 3 is 2.94 bits per heavy atom. The molecule has 3 heteroatoms. The van der Waals surface area contributed by atoms with E-state index >= 15 is 0 Å². The molecule has 3 nitrogen and oxygen atoms in total. The van der Waals surface area contributed by atoms with Crippen molar-refractivity contribution in [3.63, 3.8) is 0 Å². The molecule has 0 radical (unpaired) electrons. The van der Waals surface area contributed by atoms with Gasteiger partial charge in [-0.05, 0) is 38.0 Å². The second-order valence-corrected chi connectivity index (χ2v) is 4.63. The first-order valence-electron chi connectivity index (χ1n) is 5.87. The van der Waals surface area contributed by atoms with Gasteiger partial charge in [0, 0.05) is 29.9 Å². The molecule has 1 aliphatic heterocycles. The van der Waals surface area contributed by atoms with Crippen molar-refractivity contribution in [2.75, 3.05) is 24.3 Å². The molecule has 1 saturated heterocycles. The third-order valence-electron chi connectivity index (χ3n) is 3.35. The summed E-state index contributed by atoms with van der Waals surface area (Å²) in [5.41, 5.74) is 8.96. The molecule has 88 valence electrons. The molecular weight excluding hydrogens is 200 g/mol. The molecule has 0 aliphatic carbocycles. The summed E-state index contributed by atoms with van der Waals surface area (Å²) in [6.07, 6.45) is 1.15. The normalized spacial score (nSPS) is 22.0. The maximum absolute atomic E-state index is 5.89. The zero-order chi connectivity index (χ0) is 11.5. The number of hydrogen-bond acceptors (Lipinski definition) is 3. The van der Waals surface area contributed by atoms with Crippen LogP contribution in [0.3, 0.4) is 0 Å². The number of rotatable bonds is 3. The Hall–Kier alpha value is -1.22. The summed E-state index contributed by atoms with van der Waals surface area (Å²) in [7, 11) is 0. The average molecular weight is 220 g/mol. The fraction of sp³-hybridized carbons (Fsp3) is 0.538. The molecular formula is C13H20N2O. The SMILES string of the molecule is Cc1ccc(NC(C)C2CCOC2)cc1N. The second-order valence-electron chi connectivity index (χ2n) is 4.63. The number of nitrogens with one attached hydrogen (secondary N) is 1. The van der Waals surface area contributed by atoms with E-state index in [1.165, 1.54) is 0 Å². The smallest absolute Gasteiger partial charge is 0.0514 e. The van der Waals surface area contributed by atoms with Gasteiger partial charge in [-0.1, -0.05) is 6.07 Å². The van der Waals surface area contributed by atoms with E-state index in [4.69, 9.17) is 10.5 Å². The first kappa shape index (κ1) is 11.3. The van der Waals surface area contributed by atoms with E-state index in [-0.39, 0.29) is 0 Å². The zero-order valence-electron chi connectivity index (χ0n) is 9.99. The van der Waals surface area contributed by atoms with Crippen LogP contribution in [0.15, 0.2) is 18.2 Å². The number of anilines is 2. The van der Waals surface area contributed by atoms with Gasteiger partial charge in [0.05, 0.1) is 6.61 Å². The van der Waals surface area contributed by atoms with Gasteiger partial charge in [-0.15, -0.1) is 0 Å². The molecule has 1 heterocycles. The number of ether oxygens (including phenoxy) is 1. The van der Waals surface area contributed by atoms with Crippen LogP contribution in [0.1, 0.15) is 18.9 Å². The monoisotopic (exact) mass is 220 g/mol. The summed E-state index contributed by atoms with van der Waals surface area (Å²) in [5, 5.41) is 3.49. The highest BCUT2D eigenvalue weighted by molar-refractivity contribution is 5.58. The predicted molar refractivity (Wildman–Crippen MR) is 67.6 cm³/mol. The Kier molecular flexibility index (Phi) is 3.34. The fourth-order valence-corrected chi connectivity index (χ4v) is 2.06. The quantitative estimate of drug-likeness (QED) is 0.769. The van der Waals surface area contributed by atoms with Gasteiger partial charge in [-0.3, -0.25) is 0 Å². The van der Waals surface area contributed by atoms with Crippen LogP contribution in [-0.4, -0.2) is 19.3 Å². The highest BCUT2D eigenvalue weighted by Crippen LogP contribution is 2.22. The van der Waals surface area contributed by atoms with Crippen LogP contribution in [0, 0.1) is 12.8 Å². The average Bonchev–Trinajstić information content (AvgIpc) is 2.77. The molecule has 3 N–H and O–H groups in total. The first-order valence-corrected chi connectivity index (χ1v) is 5.87. The zero-order valence-corrected chi connectivity index (χ0v) is 9.99. The second kappa shape index (κ2) is 4.74. The summed E-state index contributed by atoms with van der Waals surface area (Å²) >= 11 is 0. The minimum absolute atomic E-state index is 0.435. The first-order chi connectivity index (χ1) is 7.66. The van der Waals surface area contributed by atoms with Crippen molar-refractivity contribution in [2.45, 2.75) is 26.3 Å². The summed E-state index contributed by atoms with van der Waals surface area (Å²) < 4.78 is 5.39. The molecule has 2 atom stereocenters. The maximum atomic E-state index is 5.89. The van der Waals surface area contributed by atoms with Crippen LogP contribution in [0.25, 0.3) is 0 Å². The number of benzene rings is 1. The lowest BCUT2D eigenvalue weighted by atomic mass is 10.0. The molecule has 0 bridgehead atoms. The van der Waals surface area contributed by atoms with Gasteiger partial charge in [0.1, 0.15) is 0 Å². The van der Waals surface area contributed by atoms with Gasteiger partial charge in [0.15, 0.2) is 0 Å². The van der Waals surface area contributed by atoms with Crippen molar-refractivity contribution in [1.82, 2.24) is 0 Å². The molecule has 1 aliphatic rings. The molecule has 1 aromatic rings. The van der Waals surface area contributed by atoms with Crippen molar-refractivity contribution in [3.8, 4) is 0 Å². The molecule has 2 unspecified atom stereocenters. The van der Waals surface area contributed by atoms with Crippen molar-refractivity contribution in [2.24, 2.45) is 5.92 Å². The Morgan fingerprint density at radius 2 is 2.31 bits per heavy atom. The molecule has 2 rings (SSSR count). The van der Waals surface area contributed by atoms with Crippen molar-refractivity contribution < 1.29 is 4.74 Å². The van der Waals surface area contributed by atoms with Gasteiger partial charge < -0.3 is 15.8 Å². The van der Waals surface area contributed by atoms with Gasteiger partial charge >= 0.3 is 0 Å². The molecule has 1 fully saturated rings. The lowest BCUT2D eigenvalue weighted by Crippen LogP contribution is -2.26. The van der Waals surface area contributed by atoms with E-state index in [9.17, 15) is 0 Å². The van der Waals surface area contributed by atoms with E-state index in [1.807, 2.05) is 13.0 Å². The van der Waals surface area contributed by atoms with Crippen LogP contribution < -0.4 is 11.1 Å². The number of nitrogens with two attached hydrogens (primary N) is 1. The summed E-state index contributed by atoms with van der Waals surface area (Å²) in [5.74, 6) is 0.613. The molecule has 0 spiro atoms. The van der Waals surface area contributed by atoms with E-state index < -0.39 is 0 Å². The molecule has 0 amide bonds. The third-order valence-corrected chi connectivity index (χ3v) is 3.35. The Labute approximate surface area is 97.0 Å². The molecule has 16 heavy (non-hydrogen) atoms. The van der Waals surface area contributed by atoms with Gasteiger partial charge in [-0.2, -0.15) is 0 Å². The summed E-state index contributed by atoms with van der Waals surface area (Å²) in [4.78, 5) is 0. The molecule has 0 saturated carbocycles. The highest BCUT2D eigenvalue weighted by Gasteiger charge is 2.21. The van der Waals surface area contributed by atoms with E-state index in [0.717, 1.165) is 36.6 Å². The van der Waals surface area contributed by atoms with E-state index in [1.54, 1.807) is 0 Å². The molecule has 1 aromatic carbocycles. The highest BCUT2D eigenvalue weighted by atomic mass is 16.5. The van der Waals surface area contributed by atoms with E-state index in [0.29, 0.717) is 12.0 Å². The van der Waals surface area contributed by atoms with Crippen molar-refractivity contribution in [3.05, 3.63) is 23.8 Å². The topological polar surface area (TPSA) is 47.3 Å². The van der Waals surface area contributed by atoms with Gasteiger partial charge in [0.2, 0.25) is 0 Å². The number of hydrogen-bond donors (Lipinski definition) is 2. The Morgan fingerprint density at radius 1 is 1.50 bits per heavy atom. The van der Waals surface area contributed by atoms with Crippen LogP contribution in [-0.2, 0) is 4.74 Å². The Balaban J connectivity index is 1.99. The summed E-state index contributed by atoms with van der Waals surface area (Å²) in [6, 6.07) is 6.57. The van der Waals surface area contributed by atoms with Gasteiger partial charge in [0.25, 0.3) is 0 Å². The Bertz CT molecular complexity index is 359. The molecule has 0 aromatic heterocycles. The third kappa shape index (κ3) is 2.47. The van der Waals surface area contributed by atoms with Crippen LogP contribution in [0.2, 0.25) is 0 Å². The van der Waals surface area contributed by atoms with Crippen LogP contribution in [0.5, 0.6) is 0 Å².